The van der Waals surface area contributed by atoms with Crippen LogP contribution in [0.1, 0.15) is 16.8 Å². The number of rotatable bonds is 3. The molecule has 1 saturated heterocycles. The zero-order chi connectivity index (χ0) is 15.4. The number of amides is 1. The number of nitro benzene ring substituents is 1. The number of hydrogen-bond donors (Lipinski definition) is 1. The van der Waals surface area contributed by atoms with Crippen LogP contribution in [0.4, 0.5) is 15.8 Å². The second-order valence-electron chi connectivity index (χ2n) is 4.61. The molecule has 6 nitrogen and oxygen atoms in total. The molecule has 1 aliphatic rings. The molecular formula is C13H16FN3O3S. The lowest BCUT2D eigenvalue weighted by Gasteiger charge is -2.20. The van der Waals surface area contributed by atoms with E-state index in [0.717, 1.165) is 24.0 Å². The monoisotopic (exact) mass is 313 g/mol. The van der Waals surface area contributed by atoms with E-state index in [4.69, 9.17) is 0 Å². The lowest BCUT2D eigenvalue weighted by Crippen LogP contribution is -2.33. The molecule has 0 saturated carbocycles. The van der Waals surface area contributed by atoms with Gasteiger partial charge in [0.25, 0.3) is 11.6 Å². The first-order chi connectivity index (χ1) is 10.0. The molecule has 1 amide bonds. The third kappa shape index (κ3) is 3.44. The van der Waals surface area contributed by atoms with Crippen LogP contribution >= 0.6 is 11.8 Å². The average molecular weight is 313 g/mol. The van der Waals surface area contributed by atoms with Crippen molar-refractivity contribution in [2.75, 3.05) is 37.0 Å². The van der Waals surface area contributed by atoms with Crippen LogP contribution in [0.25, 0.3) is 0 Å². The molecule has 21 heavy (non-hydrogen) atoms. The summed E-state index contributed by atoms with van der Waals surface area (Å²) in [6, 6.07) is 2.01. The fraction of sp³-hybridized carbons (Fsp3) is 0.462. The Morgan fingerprint density at radius 1 is 1.43 bits per heavy atom. The van der Waals surface area contributed by atoms with Gasteiger partial charge >= 0.3 is 0 Å². The predicted molar refractivity (Wildman–Crippen MR) is 80.4 cm³/mol. The van der Waals surface area contributed by atoms with Crippen molar-refractivity contribution in [3.63, 3.8) is 0 Å². The van der Waals surface area contributed by atoms with E-state index in [-0.39, 0.29) is 11.3 Å². The minimum Gasteiger partial charge on any atom is -0.386 e. The second kappa shape index (κ2) is 6.75. The zero-order valence-electron chi connectivity index (χ0n) is 11.6. The van der Waals surface area contributed by atoms with Gasteiger partial charge in [0.15, 0.2) is 5.82 Å². The van der Waals surface area contributed by atoms with Crippen LogP contribution < -0.4 is 5.32 Å². The molecule has 1 heterocycles. The Hall–Kier alpha value is -1.83. The summed E-state index contributed by atoms with van der Waals surface area (Å²) in [4.78, 5) is 24.5. The molecule has 1 fully saturated rings. The van der Waals surface area contributed by atoms with Crippen LogP contribution in [0.3, 0.4) is 0 Å². The lowest BCUT2D eigenvalue weighted by atomic mass is 10.1. The minimum atomic E-state index is -0.743. The van der Waals surface area contributed by atoms with Gasteiger partial charge < -0.3 is 10.2 Å². The van der Waals surface area contributed by atoms with Gasteiger partial charge in [0.05, 0.1) is 16.7 Å². The number of hydrogen-bond acceptors (Lipinski definition) is 5. The Bertz CT molecular complexity index is 560. The molecule has 0 bridgehead atoms. The molecule has 0 radical (unpaired) electrons. The molecule has 0 atom stereocenters. The molecule has 0 aromatic heterocycles. The van der Waals surface area contributed by atoms with E-state index < -0.39 is 22.3 Å². The largest absolute Gasteiger partial charge is 0.386 e. The standard InChI is InChI=1S/C13H16FN3O3S/c1-15-11-7-9(12(17(19)20)8-10(11)14)13(18)16-3-2-5-21-6-4-16/h7-8,15H,2-6H2,1H3. The maximum atomic E-state index is 13.7. The number of nitro groups is 1. The first kappa shape index (κ1) is 15.6. The van der Waals surface area contributed by atoms with Gasteiger partial charge in [0.1, 0.15) is 5.56 Å². The fourth-order valence-electron chi connectivity index (χ4n) is 2.20. The predicted octanol–water partition coefficient (Wildman–Crippen LogP) is 2.35. The second-order valence-corrected chi connectivity index (χ2v) is 5.84. The van der Waals surface area contributed by atoms with Crippen molar-refractivity contribution in [3.05, 3.63) is 33.6 Å². The SMILES string of the molecule is CNc1cc(C(=O)N2CCCSCC2)c([N+](=O)[O-])cc1F. The molecule has 2 rings (SSSR count). The lowest BCUT2D eigenvalue weighted by molar-refractivity contribution is -0.385. The summed E-state index contributed by atoms with van der Waals surface area (Å²) in [6.45, 7) is 1.11. The number of carbonyl (C=O) groups excluding carboxylic acids is 1. The van der Waals surface area contributed by atoms with Crippen molar-refractivity contribution in [2.45, 2.75) is 6.42 Å². The van der Waals surface area contributed by atoms with Crippen molar-refractivity contribution >= 4 is 29.0 Å². The Morgan fingerprint density at radius 3 is 2.86 bits per heavy atom. The van der Waals surface area contributed by atoms with Gasteiger partial charge in [-0.1, -0.05) is 0 Å². The van der Waals surface area contributed by atoms with E-state index in [2.05, 4.69) is 5.32 Å². The van der Waals surface area contributed by atoms with Crippen LogP contribution in [0, 0.1) is 15.9 Å². The molecule has 1 aromatic rings. The maximum absolute atomic E-state index is 13.7. The summed E-state index contributed by atoms with van der Waals surface area (Å²) < 4.78 is 13.7. The van der Waals surface area contributed by atoms with Crippen molar-refractivity contribution in [2.24, 2.45) is 0 Å². The van der Waals surface area contributed by atoms with Crippen LogP contribution in [0.15, 0.2) is 12.1 Å². The summed E-state index contributed by atoms with van der Waals surface area (Å²) in [5.41, 5.74) is -0.487. The Labute approximate surface area is 125 Å². The Morgan fingerprint density at radius 2 is 2.19 bits per heavy atom. The first-order valence-electron chi connectivity index (χ1n) is 6.57. The number of halogens is 1. The quantitative estimate of drug-likeness (QED) is 0.685. The first-order valence-corrected chi connectivity index (χ1v) is 7.72. The summed E-state index contributed by atoms with van der Waals surface area (Å²) in [7, 11) is 1.50. The highest BCUT2D eigenvalue weighted by Crippen LogP contribution is 2.27. The normalized spacial score (nSPS) is 15.4. The fourth-order valence-corrected chi connectivity index (χ4v) is 3.08. The van der Waals surface area contributed by atoms with Gasteiger partial charge in [-0.25, -0.2) is 4.39 Å². The highest BCUT2D eigenvalue weighted by molar-refractivity contribution is 7.99. The molecule has 1 N–H and O–H groups in total. The number of carbonyl (C=O) groups is 1. The molecule has 1 aromatic carbocycles. The Kier molecular flexibility index (Phi) is 5.00. The van der Waals surface area contributed by atoms with E-state index in [1.807, 2.05) is 0 Å². The topological polar surface area (TPSA) is 75.5 Å². The molecule has 0 spiro atoms. The highest BCUT2D eigenvalue weighted by atomic mass is 32.2. The van der Waals surface area contributed by atoms with Crippen molar-refractivity contribution in [3.8, 4) is 0 Å². The van der Waals surface area contributed by atoms with Gasteiger partial charge in [-0.05, 0) is 18.2 Å². The molecule has 114 valence electrons. The van der Waals surface area contributed by atoms with E-state index in [9.17, 15) is 19.3 Å². The van der Waals surface area contributed by atoms with E-state index in [0.29, 0.717) is 13.1 Å². The summed E-state index contributed by atoms with van der Waals surface area (Å²) >= 11 is 1.75. The van der Waals surface area contributed by atoms with Crippen molar-refractivity contribution in [1.82, 2.24) is 4.90 Å². The van der Waals surface area contributed by atoms with Gasteiger partial charge in [-0.2, -0.15) is 11.8 Å². The highest BCUT2D eigenvalue weighted by Gasteiger charge is 2.27. The number of thioether (sulfide) groups is 1. The van der Waals surface area contributed by atoms with E-state index >= 15 is 0 Å². The van der Waals surface area contributed by atoms with E-state index in [1.165, 1.54) is 13.1 Å². The molecule has 0 aliphatic carbocycles. The number of nitrogens with zero attached hydrogens (tertiary/aromatic N) is 2. The maximum Gasteiger partial charge on any atom is 0.285 e. The van der Waals surface area contributed by atoms with Gasteiger partial charge in [-0.3, -0.25) is 14.9 Å². The van der Waals surface area contributed by atoms with Crippen molar-refractivity contribution < 1.29 is 14.1 Å². The van der Waals surface area contributed by atoms with Crippen LogP contribution in [-0.2, 0) is 0 Å². The minimum absolute atomic E-state index is 0.0716. The van der Waals surface area contributed by atoms with Crippen LogP contribution in [-0.4, -0.2) is 47.4 Å². The van der Waals surface area contributed by atoms with E-state index in [1.54, 1.807) is 16.7 Å². The Balaban J connectivity index is 2.40. The summed E-state index contributed by atoms with van der Waals surface area (Å²) in [5.74, 6) is 0.615. The molecule has 8 heteroatoms. The number of nitrogens with one attached hydrogen (secondary N) is 1. The third-order valence-electron chi connectivity index (χ3n) is 3.29. The molecule has 0 unspecified atom stereocenters. The third-order valence-corrected chi connectivity index (χ3v) is 4.34. The van der Waals surface area contributed by atoms with Crippen LogP contribution in [0.5, 0.6) is 0 Å². The zero-order valence-corrected chi connectivity index (χ0v) is 12.4. The number of anilines is 1. The van der Waals surface area contributed by atoms with Crippen LogP contribution in [0.2, 0.25) is 0 Å². The van der Waals surface area contributed by atoms with Gasteiger partial charge in [-0.15, -0.1) is 0 Å². The molecule has 1 aliphatic heterocycles. The average Bonchev–Trinajstić information content (AvgIpc) is 2.75. The molecular weight excluding hydrogens is 297 g/mol. The van der Waals surface area contributed by atoms with Gasteiger partial charge in [0.2, 0.25) is 0 Å². The number of benzene rings is 1. The summed E-state index contributed by atoms with van der Waals surface area (Å²) in [5, 5.41) is 13.7. The summed E-state index contributed by atoms with van der Waals surface area (Å²) in [6.07, 6.45) is 0.851. The van der Waals surface area contributed by atoms with Gasteiger partial charge in [0, 0.05) is 25.9 Å². The smallest absolute Gasteiger partial charge is 0.285 e. The van der Waals surface area contributed by atoms with Crippen molar-refractivity contribution in [1.29, 1.82) is 0 Å².